The number of amides is 1. The molecule has 1 unspecified atom stereocenters. The van der Waals surface area contributed by atoms with Crippen LogP contribution in [0.15, 0.2) is 23.0 Å². The Kier molecular flexibility index (Phi) is 5.05. The van der Waals surface area contributed by atoms with Crippen molar-refractivity contribution in [1.82, 2.24) is 29.4 Å². The smallest absolute Gasteiger partial charge is 0.266 e. The Hall–Kier alpha value is -2.48. The summed E-state index contributed by atoms with van der Waals surface area (Å²) in [6.07, 6.45) is 1.65. The topological polar surface area (TPSA) is 76.3 Å². The van der Waals surface area contributed by atoms with Crippen LogP contribution in [-0.4, -0.2) is 68.5 Å². The van der Waals surface area contributed by atoms with E-state index >= 15 is 0 Å². The van der Waals surface area contributed by atoms with Crippen molar-refractivity contribution in [3.05, 3.63) is 39.9 Å². The van der Waals surface area contributed by atoms with E-state index in [0.29, 0.717) is 30.6 Å². The van der Waals surface area contributed by atoms with Crippen LogP contribution in [-0.2, 0) is 11.3 Å². The number of carbonyl (C=O) groups is 1. The lowest BCUT2D eigenvalue weighted by Gasteiger charge is -2.42. The van der Waals surface area contributed by atoms with Gasteiger partial charge < -0.3 is 9.80 Å². The van der Waals surface area contributed by atoms with E-state index < -0.39 is 0 Å². The van der Waals surface area contributed by atoms with E-state index in [1.54, 1.807) is 21.5 Å². The fraction of sp³-hybridized carbons (Fsp3) is 0.600. The molecule has 2 aliphatic heterocycles. The van der Waals surface area contributed by atoms with Gasteiger partial charge in [-0.05, 0) is 38.3 Å². The van der Waals surface area contributed by atoms with Gasteiger partial charge in [0.2, 0.25) is 5.91 Å². The average Bonchev–Trinajstić information content (AvgIpc) is 2.96. The second-order valence-corrected chi connectivity index (χ2v) is 8.31. The zero-order valence-corrected chi connectivity index (χ0v) is 16.8. The molecule has 2 saturated heterocycles. The maximum absolute atomic E-state index is 12.3. The van der Waals surface area contributed by atoms with Gasteiger partial charge in [0.25, 0.3) is 5.56 Å². The Morgan fingerprint density at radius 2 is 1.82 bits per heavy atom. The first-order valence-corrected chi connectivity index (χ1v) is 9.97. The third-order valence-electron chi connectivity index (χ3n) is 5.78. The molecule has 4 rings (SSSR count). The van der Waals surface area contributed by atoms with Gasteiger partial charge in [-0.2, -0.15) is 5.10 Å². The molecule has 2 aromatic rings. The predicted molar refractivity (Wildman–Crippen MR) is 105 cm³/mol. The van der Waals surface area contributed by atoms with E-state index in [4.69, 9.17) is 0 Å². The second kappa shape index (κ2) is 7.50. The molecule has 4 heterocycles. The third-order valence-corrected chi connectivity index (χ3v) is 5.78. The van der Waals surface area contributed by atoms with E-state index in [9.17, 15) is 9.59 Å². The van der Waals surface area contributed by atoms with Gasteiger partial charge >= 0.3 is 0 Å². The zero-order chi connectivity index (χ0) is 19.8. The monoisotopic (exact) mass is 384 g/mol. The van der Waals surface area contributed by atoms with Crippen LogP contribution in [0, 0.1) is 25.7 Å². The first kappa shape index (κ1) is 18.9. The van der Waals surface area contributed by atoms with Gasteiger partial charge in [-0.15, -0.1) is 5.10 Å². The van der Waals surface area contributed by atoms with Gasteiger partial charge in [0.05, 0.1) is 12.2 Å². The molecule has 0 aromatic carbocycles. The van der Waals surface area contributed by atoms with Crippen LogP contribution in [0.25, 0.3) is 5.82 Å². The maximum atomic E-state index is 12.3. The normalized spacial score (nSPS) is 21.2. The SMILES string of the molecule is Cc1cc(C)n(-c2ccc(=O)n(CC3CN(CC4CCC(=O)N(C)C4)C3)n2)n1. The summed E-state index contributed by atoms with van der Waals surface area (Å²) >= 11 is 0. The number of rotatable bonds is 5. The molecule has 1 amide bonds. The number of hydrogen-bond acceptors (Lipinski definition) is 5. The van der Waals surface area contributed by atoms with Crippen LogP contribution >= 0.6 is 0 Å². The molecule has 1 atom stereocenters. The summed E-state index contributed by atoms with van der Waals surface area (Å²) in [7, 11) is 1.89. The molecule has 0 aliphatic carbocycles. The largest absolute Gasteiger partial charge is 0.345 e. The minimum Gasteiger partial charge on any atom is -0.345 e. The summed E-state index contributed by atoms with van der Waals surface area (Å²) in [6, 6.07) is 5.30. The van der Waals surface area contributed by atoms with E-state index in [0.717, 1.165) is 44.0 Å². The molecule has 8 nitrogen and oxygen atoms in total. The highest BCUT2D eigenvalue weighted by molar-refractivity contribution is 5.76. The van der Waals surface area contributed by atoms with Gasteiger partial charge in [0.1, 0.15) is 0 Å². The molecule has 150 valence electrons. The van der Waals surface area contributed by atoms with Gasteiger partial charge in [-0.3, -0.25) is 9.59 Å². The van der Waals surface area contributed by atoms with Crippen LogP contribution in [0.5, 0.6) is 0 Å². The van der Waals surface area contributed by atoms with Crippen molar-refractivity contribution in [3.63, 3.8) is 0 Å². The first-order chi connectivity index (χ1) is 13.4. The van der Waals surface area contributed by atoms with Gasteiger partial charge in [0, 0.05) is 57.3 Å². The molecule has 28 heavy (non-hydrogen) atoms. The molecule has 2 aliphatic rings. The summed E-state index contributed by atoms with van der Waals surface area (Å²) in [5.41, 5.74) is 1.86. The Morgan fingerprint density at radius 1 is 1.04 bits per heavy atom. The minimum atomic E-state index is -0.0730. The van der Waals surface area contributed by atoms with E-state index in [2.05, 4.69) is 15.1 Å². The zero-order valence-electron chi connectivity index (χ0n) is 16.8. The van der Waals surface area contributed by atoms with E-state index in [1.165, 1.54) is 0 Å². The highest BCUT2D eigenvalue weighted by Gasteiger charge is 2.31. The van der Waals surface area contributed by atoms with Gasteiger partial charge in [0.15, 0.2) is 5.82 Å². The highest BCUT2D eigenvalue weighted by atomic mass is 16.2. The van der Waals surface area contributed by atoms with Crippen LogP contribution in [0.4, 0.5) is 0 Å². The number of aromatic nitrogens is 4. The van der Waals surface area contributed by atoms with Crippen molar-refractivity contribution in [2.45, 2.75) is 33.2 Å². The lowest BCUT2D eigenvalue weighted by atomic mass is 9.93. The number of aryl methyl sites for hydroxylation is 2. The summed E-state index contributed by atoms with van der Waals surface area (Å²) in [5, 5.41) is 9.00. The van der Waals surface area contributed by atoms with Crippen LogP contribution in [0.1, 0.15) is 24.2 Å². The second-order valence-electron chi connectivity index (χ2n) is 8.31. The molecule has 0 bridgehead atoms. The molecule has 0 N–H and O–H groups in total. The van der Waals surface area contributed by atoms with Crippen molar-refractivity contribution in [1.29, 1.82) is 0 Å². The van der Waals surface area contributed by atoms with E-state index in [-0.39, 0.29) is 11.5 Å². The molecule has 0 radical (unpaired) electrons. The van der Waals surface area contributed by atoms with Gasteiger partial charge in [-0.25, -0.2) is 9.36 Å². The molecule has 0 spiro atoms. The van der Waals surface area contributed by atoms with Gasteiger partial charge in [-0.1, -0.05) is 0 Å². The lowest BCUT2D eigenvalue weighted by Crippen LogP contribution is -2.52. The number of hydrogen-bond donors (Lipinski definition) is 0. The van der Waals surface area contributed by atoms with Crippen molar-refractivity contribution >= 4 is 5.91 Å². The fourth-order valence-electron chi connectivity index (χ4n) is 4.34. The van der Waals surface area contributed by atoms with Crippen molar-refractivity contribution in [2.24, 2.45) is 11.8 Å². The molecule has 2 fully saturated rings. The van der Waals surface area contributed by atoms with Crippen LogP contribution in [0.2, 0.25) is 0 Å². The fourth-order valence-corrected chi connectivity index (χ4v) is 4.34. The highest BCUT2D eigenvalue weighted by Crippen LogP contribution is 2.23. The summed E-state index contributed by atoms with van der Waals surface area (Å²) < 4.78 is 3.35. The number of piperidine rings is 1. The minimum absolute atomic E-state index is 0.0730. The number of carbonyl (C=O) groups excluding carboxylic acids is 1. The van der Waals surface area contributed by atoms with Crippen LogP contribution in [0.3, 0.4) is 0 Å². The van der Waals surface area contributed by atoms with E-state index in [1.807, 2.05) is 31.9 Å². The molecular weight excluding hydrogens is 356 g/mol. The van der Waals surface area contributed by atoms with Crippen molar-refractivity contribution in [3.8, 4) is 5.82 Å². The first-order valence-electron chi connectivity index (χ1n) is 9.97. The lowest BCUT2D eigenvalue weighted by molar-refractivity contribution is -0.133. The summed E-state index contributed by atoms with van der Waals surface area (Å²) in [5.74, 6) is 1.92. The van der Waals surface area contributed by atoms with Crippen molar-refractivity contribution in [2.75, 3.05) is 33.2 Å². The molecule has 0 saturated carbocycles. The summed E-state index contributed by atoms with van der Waals surface area (Å²) in [4.78, 5) is 28.1. The van der Waals surface area contributed by atoms with Crippen molar-refractivity contribution < 1.29 is 4.79 Å². The average molecular weight is 384 g/mol. The summed E-state index contributed by atoms with van der Waals surface area (Å²) in [6.45, 7) is 8.40. The Morgan fingerprint density at radius 3 is 2.50 bits per heavy atom. The Bertz CT molecular complexity index is 927. The number of likely N-dealkylation sites (tertiary alicyclic amines) is 2. The Balaban J connectivity index is 1.35. The third kappa shape index (κ3) is 3.87. The standard InChI is InChI=1S/C20H28N6O2/c1-14-8-15(2)26(21-14)18-5-7-20(28)25(22-18)13-17-11-24(12-17)10-16-4-6-19(27)23(3)9-16/h5,7-8,16-17H,4,6,9-13H2,1-3H3. The maximum Gasteiger partial charge on any atom is 0.266 e. The molecule has 8 heteroatoms. The Labute approximate surface area is 164 Å². The molecule has 2 aromatic heterocycles. The quantitative estimate of drug-likeness (QED) is 0.764. The molecular formula is C20H28N6O2. The predicted octanol–water partition coefficient (Wildman–Crippen LogP) is 0.846. The van der Waals surface area contributed by atoms with Crippen LogP contribution < -0.4 is 5.56 Å². The number of nitrogens with zero attached hydrogens (tertiary/aromatic N) is 6.